The molecule has 0 heterocycles. The van der Waals surface area contributed by atoms with Gasteiger partial charge in [-0.3, -0.25) is 10.1 Å². The number of benzene rings is 2. The smallest absolute Gasteiger partial charge is 0.269 e. The van der Waals surface area contributed by atoms with Gasteiger partial charge in [-0.15, -0.1) is 0 Å². The third kappa shape index (κ3) is 3.90. The molecule has 0 spiro atoms. The molecule has 0 amide bonds. The number of rotatable bonds is 5. The molecule has 1 atom stereocenters. The highest BCUT2D eigenvalue weighted by atomic mass is 16.6. The van der Waals surface area contributed by atoms with Crippen molar-refractivity contribution in [2.24, 2.45) is 5.73 Å². The number of non-ortho nitro benzene ring substituents is 1. The van der Waals surface area contributed by atoms with Crippen LogP contribution in [-0.4, -0.2) is 11.0 Å². The molecule has 2 N–H and O–H groups in total. The highest BCUT2D eigenvalue weighted by Crippen LogP contribution is 2.14. The summed E-state index contributed by atoms with van der Waals surface area (Å²) in [6.07, 6.45) is 1.52. The maximum Gasteiger partial charge on any atom is 0.269 e. The van der Waals surface area contributed by atoms with Gasteiger partial charge in [-0.25, -0.2) is 0 Å². The van der Waals surface area contributed by atoms with Gasteiger partial charge in [-0.2, -0.15) is 0 Å². The second-order valence-electron chi connectivity index (χ2n) is 5.08. The fraction of sp³-hybridized carbons (Fsp3) is 0.250. The zero-order valence-corrected chi connectivity index (χ0v) is 11.5. The van der Waals surface area contributed by atoms with Crippen molar-refractivity contribution >= 4 is 5.69 Å². The lowest BCUT2D eigenvalue weighted by molar-refractivity contribution is -0.384. The number of nitrogens with two attached hydrogens (primary N) is 1. The summed E-state index contributed by atoms with van der Waals surface area (Å²) in [6, 6.07) is 14.9. The van der Waals surface area contributed by atoms with Gasteiger partial charge in [0.1, 0.15) is 0 Å². The van der Waals surface area contributed by atoms with Crippen LogP contribution in [0.3, 0.4) is 0 Å². The van der Waals surface area contributed by atoms with E-state index in [4.69, 9.17) is 5.73 Å². The summed E-state index contributed by atoms with van der Waals surface area (Å²) in [7, 11) is 0. The molecule has 0 aromatic heterocycles. The third-order valence-electron chi connectivity index (χ3n) is 3.23. The Labute approximate surface area is 118 Å². The van der Waals surface area contributed by atoms with Crippen LogP contribution in [0, 0.1) is 17.0 Å². The van der Waals surface area contributed by atoms with E-state index in [0.717, 1.165) is 12.0 Å². The molecule has 0 saturated heterocycles. The van der Waals surface area contributed by atoms with Crippen molar-refractivity contribution in [3.8, 4) is 0 Å². The van der Waals surface area contributed by atoms with E-state index in [1.165, 1.54) is 23.3 Å². The molecule has 0 bridgehead atoms. The van der Waals surface area contributed by atoms with Gasteiger partial charge >= 0.3 is 0 Å². The Morgan fingerprint density at radius 2 is 1.75 bits per heavy atom. The molecule has 0 aliphatic carbocycles. The molecule has 4 heteroatoms. The fourth-order valence-electron chi connectivity index (χ4n) is 2.27. The molecule has 2 rings (SSSR count). The molecule has 20 heavy (non-hydrogen) atoms. The molecule has 0 radical (unpaired) electrons. The highest BCUT2D eigenvalue weighted by Gasteiger charge is 2.08. The van der Waals surface area contributed by atoms with Crippen molar-refractivity contribution in [3.05, 3.63) is 75.3 Å². The highest BCUT2D eigenvalue weighted by molar-refractivity contribution is 5.33. The molecule has 0 aliphatic rings. The van der Waals surface area contributed by atoms with Gasteiger partial charge in [0.05, 0.1) is 4.92 Å². The first-order valence-corrected chi connectivity index (χ1v) is 6.59. The van der Waals surface area contributed by atoms with E-state index in [0.29, 0.717) is 6.42 Å². The molecular formula is C16H18N2O2. The summed E-state index contributed by atoms with van der Waals surface area (Å²) < 4.78 is 0. The Morgan fingerprint density at radius 1 is 1.10 bits per heavy atom. The average molecular weight is 270 g/mol. The van der Waals surface area contributed by atoms with E-state index in [1.54, 1.807) is 12.1 Å². The van der Waals surface area contributed by atoms with Crippen molar-refractivity contribution in [2.45, 2.75) is 25.8 Å². The molecule has 0 saturated carbocycles. The molecule has 1 unspecified atom stereocenters. The Bertz CT molecular complexity index is 594. The van der Waals surface area contributed by atoms with Crippen LogP contribution in [-0.2, 0) is 12.8 Å². The van der Waals surface area contributed by atoms with Gasteiger partial charge in [0.25, 0.3) is 5.69 Å². The van der Waals surface area contributed by atoms with Crippen LogP contribution < -0.4 is 5.73 Å². The van der Waals surface area contributed by atoms with Crippen molar-refractivity contribution in [2.75, 3.05) is 0 Å². The summed E-state index contributed by atoms with van der Waals surface area (Å²) in [5.74, 6) is 0. The van der Waals surface area contributed by atoms with Crippen LogP contribution in [0.4, 0.5) is 5.69 Å². The predicted octanol–water partition coefficient (Wildman–Crippen LogP) is 3.02. The Morgan fingerprint density at radius 3 is 2.35 bits per heavy atom. The lowest BCUT2D eigenvalue weighted by Crippen LogP contribution is -2.25. The monoisotopic (exact) mass is 270 g/mol. The van der Waals surface area contributed by atoms with Crippen molar-refractivity contribution in [3.63, 3.8) is 0 Å². The molecule has 0 aliphatic heterocycles. The summed E-state index contributed by atoms with van der Waals surface area (Å²) in [5, 5.41) is 10.6. The second-order valence-corrected chi connectivity index (χ2v) is 5.08. The molecule has 0 fully saturated rings. The van der Waals surface area contributed by atoms with Gasteiger partial charge < -0.3 is 5.73 Å². The molecule has 104 valence electrons. The average Bonchev–Trinajstić information content (AvgIpc) is 2.39. The van der Waals surface area contributed by atoms with Crippen molar-refractivity contribution in [1.82, 2.24) is 0 Å². The summed E-state index contributed by atoms with van der Waals surface area (Å²) in [5.41, 5.74) is 9.74. The third-order valence-corrected chi connectivity index (χ3v) is 3.23. The number of nitro groups is 1. The minimum atomic E-state index is -0.392. The quantitative estimate of drug-likeness (QED) is 0.670. The van der Waals surface area contributed by atoms with Crippen LogP contribution in [0.25, 0.3) is 0 Å². The van der Waals surface area contributed by atoms with E-state index in [-0.39, 0.29) is 11.7 Å². The number of hydrogen-bond donors (Lipinski definition) is 1. The first-order valence-electron chi connectivity index (χ1n) is 6.59. The topological polar surface area (TPSA) is 69.2 Å². The van der Waals surface area contributed by atoms with Crippen molar-refractivity contribution < 1.29 is 4.92 Å². The summed E-state index contributed by atoms with van der Waals surface area (Å²) in [6.45, 7) is 2.06. The standard InChI is InChI=1S/C16H18N2O2/c1-12-3-2-4-14(9-12)11-15(17)10-13-5-7-16(8-6-13)18(19)20/h2-9,15H,10-11,17H2,1H3. The van der Waals surface area contributed by atoms with Crippen LogP contribution in [0.1, 0.15) is 16.7 Å². The van der Waals surface area contributed by atoms with Crippen LogP contribution >= 0.6 is 0 Å². The van der Waals surface area contributed by atoms with Crippen LogP contribution in [0.15, 0.2) is 48.5 Å². The summed E-state index contributed by atoms with van der Waals surface area (Å²) in [4.78, 5) is 10.2. The van der Waals surface area contributed by atoms with E-state index in [9.17, 15) is 10.1 Å². The Balaban J connectivity index is 1.97. The second kappa shape index (κ2) is 6.30. The number of nitro benzene ring substituents is 1. The Hall–Kier alpha value is -2.20. The zero-order chi connectivity index (χ0) is 14.5. The molecule has 4 nitrogen and oxygen atoms in total. The first kappa shape index (κ1) is 14.2. The van der Waals surface area contributed by atoms with Crippen LogP contribution in [0.2, 0.25) is 0 Å². The maximum absolute atomic E-state index is 10.6. The lowest BCUT2D eigenvalue weighted by atomic mass is 9.99. The van der Waals surface area contributed by atoms with Gasteiger partial charge in [0.2, 0.25) is 0 Å². The number of hydrogen-bond acceptors (Lipinski definition) is 3. The first-order chi connectivity index (χ1) is 9.54. The molecule has 2 aromatic rings. The van der Waals surface area contributed by atoms with E-state index >= 15 is 0 Å². The minimum absolute atomic E-state index is 0.0123. The van der Waals surface area contributed by atoms with Gasteiger partial charge in [-0.1, -0.05) is 42.0 Å². The number of aryl methyl sites for hydroxylation is 1. The predicted molar refractivity (Wildman–Crippen MR) is 79.7 cm³/mol. The number of nitrogens with zero attached hydrogens (tertiary/aromatic N) is 1. The maximum atomic E-state index is 10.6. The van der Waals surface area contributed by atoms with E-state index < -0.39 is 4.92 Å². The largest absolute Gasteiger partial charge is 0.327 e. The lowest BCUT2D eigenvalue weighted by Gasteiger charge is -2.12. The van der Waals surface area contributed by atoms with Crippen LogP contribution in [0.5, 0.6) is 0 Å². The fourth-order valence-corrected chi connectivity index (χ4v) is 2.27. The molecule has 2 aromatic carbocycles. The Kier molecular flexibility index (Phi) is 4.48. The molecular weight excluding hydrogens is 252 g/mol. The SMILES string of the molecule is Cc1cccc(CC(N)Cc2ccc([N+](=O)[O-])cc2)c1. The van der Waals surface area contributed by atoms with E-state index in [2.05, 4.69) is 25.1 Å². The zero-order valence-electron chi connectivity index (χ0n) is 11.5. The van der Waals surface area contributed by atoms with Gasteiger partial charge in [0.15, 0.2) is 0 Å². The van der Waals surface area contributed by atoms with Gasteiger partial charge in [0, 0.05) is 18.2 Å². The van der Waals surface area contributed by atoms with E-state index in [1.807, 2.05) is 6.07 Å². The normalized spacial score (nSPS) is 12.1. The van der Waals surface area contributed by atoms with Gasteiger partial charge in [-0.05, 0) is 30.9 Å². The van der Waals surface area contributed by atoms with Crippen molar-refractivity contribution in [1.29, 1.82) is 0 Å². The minimum Gasteiger partial charge on any atom is -0.327 e. The summed E-state index contributed by atoms with van der Waals surface area (Å²) >= 11 is 0.